The van der Waals surface area contributed by atoms with Crippen LogP contribution < -0.4 is 0 Å². The molecule has 3 aromatic heterocycles. The van der Waals surface area contributed by atoms with Gasteiger partial charge >= 0.3 is 0 Å². The summed E-state index contributed by atoms with van der Waals surface area (Å²) in [6.45, 7) is 2.76. The van der Waals surface area contributed by atoms with E-state index in [1.165, 1.54) is 0 Å². The van der Waals surface area contributed by atoms with E-state index in [4.69, 9.17) is 4.42 Å². The van der Waals surface area contributed by atoms with Crippen molar-refractivity contribution in [1.82, 2.24) is 19.7 Å². The van der Waals surface area contributed by atoms with Crippen LogP contribution in [0.15, 0.2) is 59.1 Å². The molecule has 0 aliphatic carbocycles. The maximum Gasteiger partial charge on any atom is 0.264 e. The summed E-state index contributed by atoms with van der Waals surface area (Å²) in [5.74, 6) is 1.24. The van der Waals surface area contributed by atoms with Crippen molar-refractivity contribution >= 4 is 10.9 Å². The Morgan fingerprint density at radius 2 is 1.92 bits per heavy atom. The Balaban J connectivity index is 1.83. The molecule has 0 saturated heterocycles. The lowest BCUT2D eigenvalue weighted by Crippen LogP contribution is -2.03. The minimum Gasteiger partial charge on any atom is -0.419 e. The lowest BCUT2D eigenvalue weighted by Gasteiger charge is -2.08. The largest absolute Gasteiger partial charge is 0.419 e. The summed E-state index contributed by atoms with van der Waals surface area (Å²) in [5, 5.41) is 9.55. The van der Waals surface area contributed by atoms with Crippen molar-refractivity contribution in [3.05, 3.63) is 66.3 Å². The van der Waals surface area contributed by atoms with Gasteiger partial charge in [-0.3, -0.25) is 4.98 Å². The first-order chi connectivity index (χ1) is 11.8. The highest BCUT2D eigenvalue weighted by molar-refractivity contribution is 5.85. The second kappa shape index (κ2) is 6.28. The van der Waals surface area contributed by atoms with Gasteiger partial charge in [-0.05, 0) is 30.7 Å². The standard InChI is InChI=1S/C19H18N4O/c1-2-7-18-21-22-19(24-18)17-12-14-8-3-4-10-16(14)23(17)13-15-9-5-6-11-20-15/h3-6,8-12H,2,7,13H2,1H3. The Labute approximate surface area is 140 Å². The monoisotopic (exact) mass is 318 g/mol. The number of rotatable bonds is 5. The van der Waals surface area contributed by atoms with Gasteiger partial charge in [0.15, 0.2) is 0 Å². The summed E-state index contributed by atoms with van der Waals surface area (Å²) in [5.41, 5.74) is 3.05. The van der Waals surface area contributed by atoms with Gasteiger partial charge in [-0.2, -0.15) is 0 Å². The molecule has 0 N–H and O–H groups in total. The predicted octanol–water partition coefficient (Wildman–Crippen LogP) is 4.09. The van der Waals surface area contributed by atoms with E-state index < -0.39 is 0 Å². The zero-order valence-corrected chi connectivity index (χ0v) is 13.5. The number of fused-ring (bicyclic) bond motifs is 1. The Morgan fingerprint density at radius 1 is 1.04 bits per heavy atom. The maximum atomic E-state index is 5.85. The topological polar surface area (TPSA) is 56.7 Å². The minimum absolute atomic E-state index is 0.561. The van der Waals surface area contributed by atoms with Crippen LogP contribution >= 0.6 is 0 Å². The Hall–Kier alpha value is -2.95. The number of pyridine rings is 1. The van der Waals surface area contributed by atoms with Crippen molar-refractivity contribution in [1.29, 1.82) is 0 Å². The molecule has 0 amide bonds. The number of hydrogen-bond donors (Lipinski definition) is 0. The second-order valence-electron chi connectivity index (χ2n) is 5.75. The second-order valence-corrected chi connectivity index (χ2v) is 5.75. The highest BCUT2D eigenvalue weighted by Gasteiger charge is 2.16. The van der Waals surface area contributed by atoms with Gasteiger partial charge in [0, 0.05) is 23.5 Å². The molecule has 0 atom stereocenters. The molecule has 0 aliphatic heterocycles. The fraction of sp³-hybridized carbons (Fsp3) is 0.211. The summed E-state index contributed by atoms with van der Waals surface area (Å²) in [6, 6.07) is 16.3. The minimum atomic E-state index is 0.561. The number of aryl methyl sites for hydroxylation is 1. The van der Waals surface area contributed by atoms with E-state index in [1.807, 2.05) is 36.5 Å². The molecule has 0 aliphatic rings. The molecule has 1 aromatic carbocycles. The highest BCUT2D eigenvalue weighted by atomic mass is 16.4. The van der Waals surface area contributed by atoms with Crippen LogP contribution in [0.25, 0.3) is 22.5 Å². The van der Waals surface area contributed by atoms with Crippen molar-refractivity contribution in [2.24, 2.45) is 0 Å². The zero-order valence-electron chi connectivity index (χ0n) is 13.5. The van der Waals surface area contributed by atoms with E-state index in [0.29, 0.717) is 18.3 Å². The molecule has 0 saturated carbocycles. The van der Waals surface area contributed by atoms with Gasteiger partial charge in [0.2, 0.25) is 5.89 Å². The maximum absolute atomic E-state index is 5.85. The normalized spacial score (nSPS) is 11.2. The first-order valence-corrected chi connectivity index (χ1v) is 8.16. The number of aromatic nitrogens is 4. The molecule has 5 nitrogen and oxygen atoms in total. The van der Waals surface area contributed by atoms with Gasteiger partial charge in [0.1, 0.15) is 5.69 Å². The average Bonchev–Trinajstić information content (AvgIpc) is 3.21. The van der Waals surface area contributed by atoms with Crippen LogP contribution in [0.5, 0.6) is 0 Å². The summed E-state index contributed by atoms with van der Waals surface area (Å²) < 4.78 is 8.04. The number of para-hydroxylation sites is 1. The molecule has 0 unspecified atom stereocenters. The molecular weight excluding hydrogens is 300 g/mol. The van der Waals surface area contributed by atoms with E-state index in [-0.39, 0.29) is 0 Å². The SMILES string of the molecule is CCCc1nnc(-c2cc3ccccc3n2Cc2ccccn2)o1. The van der Waals surface area contributed by atoms with E-state index in [9.17, 15) is 0 Å². The van der Waals surface area contributed by atoms with Crippen molar-refractivity contribution < 1.29 is 4.42 Å². The van der Waals surface area contributed by atoms with E-state index >= 15 is 0 Å². The van der Waals surface area contributed by atoms with E-state index in [2.05, 4.69) is 44.9 Å². The summed E-state index contributed by atoms with van der Waals surface area (Å²) in [7, 11) is 0. The molecule has 5 heteroatoms. The lowest BCUT2D eigenvalue weighted by molar-refractivity contribution is 0.498. The Morgan fingerprint density at radius 3 is 2.75 bits per heavy atom. The zero-order chi connectivity index (χ0) is 16.4. The summed E-state index contributed by atoms with van der Waals surface area (Å²) in [6.07, 6.45) is 3.60. The first-order valence-electron chi connectivity index (χ1n) is 8.16. The van der Waals surface area contributed by atoms with Gasteiger partial charge in [-0.25, -0.2) is 0 Å². The highest BCUT2D eigenvalue weighted by Crippen LogP contribution is 2.28. The van der Waals surface area contributed by atoms with Crippen LogP contribution in [-0.2, 0) is 13.0 Å². The smallest absolute Gasteiger partial charge is 0.264 e. The molecule has 0 spiro atoms. The van der Waals surface area contributed by atoms with E-state index in [1.54, 1.807) is 0 Å². The third-order valence-corrected chi connectivity index (χ3v) is 4.01. The van der Waals surface area contributed by atoms with Crippen molar-refractivity contribution in [2.45, 2.75) is 26.3 Å². The van der Waals surface area contributed by atoms with Gasteiger partial charge in [0.25, 0.3) is 5.89 Å². The average molecular weight is 318 g/mol. The van der Waals surface area contributed by atoms with Gasteiger partial charge in [-0.15, -0.1) is 10.2 Å². The predicted molar refractivity (Wildman–Crippen MR) is 92.6 cm³/mol. The third kappa shape index (κ3) is 2.69. The first kappa shape index (κ1) is 14.6. The van der Waals surface area contributed by atoms with E-state index in [0.717, 1.165) is 35.1 Å². The van der Waals surface area contributed by atoms with Crippen molar-refractivity contribution in [3.8, 4) is 11.6 Å². The number of nitrogens with zero attached hydrogens (tertiary/aromatic N) is 4. The van der Waals surface area contributed by atoms with Crippen LogP contribution in [0.3, 0.4) is 0 Å². The summed E-state index contributed by atoms with van der Waals surface area (Å²) in [4.78, 5) is 4.44. The number of hydrogen-bond acceptors (Lipinski definition) is 4. The number of benzene rings is 1. The Kier molecular flexibility index (Phi) is 3.83. The van der Waals surface area contributed by atoms with Gasteiger partial charge in [-0.1, -0.05) is 31.2 Å². The molecule has 3 heterocycles. The molecule has 4 aromatic rings. The van der Waals surface area contributed by atoms with Crippen LogP contribution in [0.4, 0.5) is 0 Å². The molecular formula is C19H18N4O. The molecule has 4 rings (SSSR count). The third-order valence-electron chi connectivity index (χ3n) is 4.01. The Bertz CT molecular complexity index is 956. The van der Waals surface area contributed by atoms with Crippen molar-refractivity contribution in [3.63, 3.8) is 0 Å². The molecule has 0 radical (unpaired) electrons. The van der Waals surface area contributed by atoms with Crippen LogP contribution in [0, 0.1) is 0 Å². The fourth-order valence-corrected chi connectivity index (χ4v) is 2.88. The van der Waals surface area contributed by atoms with Crippen LogP contribution in [0.2, 0.25) is 0 Å². The van der Waals surface area contributed by atoms with Crippen LogP contribution in [-0.4, -0.2) is 19.7 Å². The fourth-order valence-electron chi connectivity index (χ4n) is 2.88. The van der Waals surface area contributed by atoms with Crippen molar-refractivity contribution in [2.75, 3.05) is 0 Å². The van der Waals surface area contributed by atoms with Gasteiger partial charge in [0.05, 0.1) is 12.2 Å². The molecule has 0 bridgehead atoms. The summed E-state index contributed by atoms with van der Waals surface area (Å²) >= 11 is 0. The lowest BCUT2D eigenvalue weighted by atomic mass is 10.2. The van der Waals surface area contributed by atoms with Gasteiger partial charge < -0.3 is 8.98 Å². The van der Waals surface area contributed by atoms with Crippen LogP contribution in [0.1, 0.15) is 24.9 Å². The molecule has 120 valence electrons. The molecule has 24 heavy (non-hydrogen) atoms. The molecule has 0 fully saturated rings. The quantitative estimate of drug-likeness (QED) is 0.556.